The summed E-state index contributed by atoms with van der Waals surface area (Å²) >= 11 is 3.25. The minimum absolute atomic E-state index is 0.0497. The molecule has 0 saturated carbocycles. The molecule has 1 N–H and O–H groups in total. The number of hydrogen-bond donors (Lipinski definition) is 1. The molecular formula is C21H23BrN4O4. The number of rotatable bonds is 6. The molecule has 2 aromatic rings. The number of amides is 2. The molecular weight excluding hydrogens is 452 g/mol. The number of nitro benzene ring substituents is 1. The Morgan fingerprint density at radius 1 is 1.10 bits per heavy atom. The van der Waals surface area contributed by atoms with Crippen LogP contribution >= 0.6 is 15.9 Å². The first-order chi connectivity index (χ1) is 14.3. The highest BCUT2D eigenvalue weighted by atomic mass is 79.9. The monoisotopic (exact) mass is 474 g/mol. The van der Waals surface area contributed by atoms with Crippen LogP contribution in [0.15, 0.2) is 46.9 Å². The maximum atomic E-state index is 12.5. The van der Waals surface area contributed by atoms with Gasteiger partial charge >= 0.3 is 0 Å². The lowest BCUT2D eigenvalue weighted by molar-refractivity contribution is -0.384. The largest absolute Gasteiger partial charge is 0.340 e. The van der Waals surface area contributed by atoms with E-state index in [1.165, 1.54) is 23.8 Å². The van der Waals surface area contributed by atoms with Gasteiger partial charge in [0.25, 0.3) is 5.69 Å². The van der Waals surface area contributed by atoms with Crippen molar-refractivity contribution in [2.45, 2.75) is 13.3 Å². The van der Waals surface area contributed by atoms with Crippen molar-refractivity contribution in [3.8, 4) is 0 Å². The smallest absolute Gasteiger partial charge is 0.270 e. The summed E-state index contributed by atoms with van der Waals surface area (Å²) in [5.74, 6) is -0.109. The third-order valence-corrected chi connectivity index (χ3v) is 5.66. The molecule has 1 aliphatic rings. The normalized spacial score (nSPS) is 14.4. The van der Waals surface area contributed by atoms with E-state index in [9.17, 15) is 19.7 Å². The zero-order valence-electron chi connectivity index (χ0n) is 16.6. The van der Waals surface area contributed by atoms with E-state index in [2.05, 4.69) is 21.2 Å². The Bertz CT molecular complexity index is 941. The Balaban J connectivity index is 1.46. The molecule has 0 unspecified atom stereocenters. The van der Waals surface area contributed by atoms with Crippen molar-refractivity contribution in [2.75, 3.05) is 38.0 Å². The first-order valence-corrected chi connectivity index (χ1v) is 10.4. The Morgan fingerprint density at radius 3 is 2.37 bits per heavy atom. The molecule has 8 nitrogen and oxygen atoms in total. The molecule has 0 radical (unpaired) electrons. The Kier molecular flexibility index (Phi) is 7.17. The van der Waals surface area contributed by atoms with Crippen molar-refractivity contribution in [2.24, 2.45) is 0 Å². The van der Waals surface area contributed by atoms with Crippen molar-refractivity contribution in [3.05, 3.63) is 68.2 Å². The van der Waals surface area contributed by atoms with Crippen LogP contribution in [-0.2, 0) is 16.0 Å². The number of benzene rings is 2. The molecule has 0 aliphatic carbocycles. The summed E-state index contributed by atoms with van der Waals surface area (Å²) in [5, 5.41) is 13.6. The van der Waals surface area contributed by atoms with E-state index in [0.717, 1.165) is 5.56 Å². The lowest BCUT2D eigenvalue weighted by atomic mass is 10.1. The highest BCUT2D eigenvalue weighted by Gasteiger charge is 2.23. The molecule has 2 aromatic carbocycles. The number of hydrogen-bond acceptors (Lipinski definition) is 5. The van der Waals surface area contributed by atoms with E-state index in [-0.39, 0.29) is 24.0 Å². The number of anilines is 1. The fraction of sp³-hybridized carbons (Fsp3) is 0.333. The molecule has 1 fully saturated rings. The summed E-state index contributed by atoms with van der Waals surface area (Å²) in [5.41, 5.74) is 2.60. The van der Waals surface area contributed by atoms with Gasteiger partial charge in [-0.2, -0.15) is 0 Å². The second-order valence-corrected chi connectivity index (χ2v) is 8.14. The number of nitro groups is 1. The van der Waals surface area contributed by atoms with E-state index in [0.29, 0.717) is 42.8 Å². The summed E-state index contributed by atoms with van der Waals surface area (Å²) in [6, 6.07) is 12.2. The third kappa shape index (κ3) is 5.87. The molecule has 0 aromatic heterocycles. The lowest BCUT2D eigenvalue weighted by Crippen LogP contribution is -2.50. The summed E-state index contributed by atoms with van der Waals surface area (Å²) in [6.07, 6.45) is 0.384. The fourth-order valence-electron chi connectivity index (χ4n) is 3.26. The van der Waals surface area contributed by atoms with Crippen LogP contribution in [0.1, 0.15) is 11.1 Å². The van der Waals surface area contributed by atoms with Gasteiger partial charge in [-0.15, -0.1) is 0 Å². The molecule has 0 bridgehead atoms. The minimum Gasteiger partial charge on any atom is -0.340 e. The van der Waals surface area contributed by atoms with Crippen molar-refractivity contribution < 1.29 is 14.5 Å². The summed E-state index contributed by atoms with van der Waals surface area (Å²) in [6.45, 7) is 4.62. The van der Waals surface area contributed by atoms with Gasteiger partial charge in [0.2, 0.25) is 11.8 Å². The number of non-ortho nitro benzene ring substituents is 1. The lowest BCUT2D eigenvalue weighted by Gasteiger charge is -2.34. The topological polar surface area (TPSA) is 95.8 Å². The number of nitrogens with one attached hydrogen (secondary N) is 1. The summed E-state index contributed by atoms with van der Waals surface area (Å²) in [7, 11) is 0. The highest BCUT2D eigenvalue weighted by Crippen LogP contribution is 2.27. The van der Waals surface area contributed by atoms with Gasteiger partial charge in [0.15, 0.2) is 0 Å². The minimum atomic E-state index is -0.490. The average molecular weight is 475 g/mol. The van der Waals surface area contributed by atoms with E-state index in [1.807, 2.05) is 41.0 Å². The van der Waals surface area contributed by atoms with Gasteiger partial charge in [-0.05, 0) is 34.5 Å². The first kappa shape index (κ1) is 21.9. The molecule has 3 rings (SSSR count). The van der Waals surface area contributed by atoms with E-state index in [4.69, 9.17) is 0 Å². The second-order valence-electron chi connectivity index (χ2n) is 7.29. The number of halogens is 1. The molecule has 0 atom stereocenters. The van der Waals surface area contributed by atoms with Crippen LogP contribution in [-0.4, -0.2) is 59.3 Å². The van der Waals surface area contributed by atoms with Crippen molar-refractivity contribution in [1.29, 1.82) is 0 Å². The zero-order chi connectivity index (χ0) is 21.7. The number of piperazine rings is 1. The molecule has 9 heteroatoms. The number of aryl methyl sites for hydroxylation is 1. The number of carbonyl (C=O) groups is 2. The van der Waals surface area contributed by atoms with E-state index < -0.39 is 4.92 Å². The van der Waals surface area contributed by atoms with Gasteiger partial charge in [0, 0.05) is 42.8 Å². The van der Waals surface area contributed by atoms with Crippen LogP contribution in [0.4, 0.5) is 11.4 Å². The third-order valence-electron chi connectivity index (χ3n) is 5.01. The van der Waals surface area contributed by atoms with Gasteiger partial charge in [-0.3, -0.25) is 24.6 Å². The molecule has 158 valence electrons. The van der Waals surface area contributed by atoms with Crippen molar-refractivity contribution >= 4 is 39.1 Å². The van der Waals surface area contributed by atoms with Gasteiger partial charge < -0.3 is 10.2 Å². The fourth-order valence-corrected chi connectivity index (χ4v) is 3.73. The molecule has 1 saturated heterocycles. The Hall–Kier alpha value is -2.78. The standard InChI is InChI=1S/C21H23BrN4O4/c1-15-2-4-16(5-3-15)12-21(28)25-10-8-24(9-11-25)14-20(27)23-19-7-6-17(26(29)30)13-18(19)22/h2-7,13H,8-12,14H2,1H3,(H,23,27). The average Bonchev–Trinajstić information content (AvgIpc) is 2.71. The quantitative estimate of drug-likeness (QED) is 0.512. The molecule has 0 spiro atoms. The van der Waals surface area contributed by atoms with Crippen LogP contribution in [0.3, 0.4) is 0 Å². The van der Waals surface area contributed by atoms with Crippen LogP contribution in [0.2, 0.25) is 0 Å². The number of nitrogens with zero attached hydrogens (tertiary/aromatic N) is 3. The summed E-state index contributed by atoms with van der Waals surface area (Å²) < 4.78 is 0.455. The molecule has 30 heavy (non-hydrogen) atoms. The molecule has 1 heterocycles. The van der Waals surface area contributed by atoms with E-state index >= 15 is 0 Å². The van der Waals surface area contributed by atoms with Crippen molar-refractivity contribution in [1.82, 2.24) is 9.80 Å². The van der Waals surface area contributed by atoms with Crippen LogP contribution in [0, 0.1) is 17.0 Å². The summed E-state index contributed by atoms with van der Waals surface area (Å²) in [4.78, 5) is 39.0. The molecule has 2 amide bonds. The molecule has 1 aliphatic heterocycles. The van der Waals surface area contributed by atoms with Crippen molar-refractivity contribution in [3.63, 3.8) is 0 Å². The maximum absolute atomic E-state index is 12.5. The predicted octanol–water partition coefficient (Wildman–Crippen LogP) is 2.99. The number of carbonyl (C=O) groups excluding carboxylic acids is 2. The highest BCUT2D eigenvalue weighted by molar-refractivity contribution is 9.10. The Morgan fingerprint density at radius 2 is 1.77 bits per heavy atom. The van der Waals surface area contributed by atoms with Crippen LogP contribution < -0.4 is 5.32 Å². The van der Waals surface area contributed by atoms with Crippen LogP contribution in [0.25, 0.3) is 0 Å². The van der Waals surface area contributed by atoms with Gasteiger partial charge in [-0.25, -0.2) is 0 Å². The van der Waals surface area contributed by atoms with Crippen LogP contribution in [0.5, 0.6) is 0 Å². The maximum Gasteiger partial charge on any atom is 0.270 e. The first-order valence-electron chi connectivity index (χ1n) is 9.61. The van der Waals surface area contributed by atoms with Gasteiger partial charge in [0.1, 0.15) is 0 Å². The predicted molar refractivity (Wildman–Crippen MR) is 117 cm³/mol. The van der Waals surface area contributed by atoms with E-state index in [1.54, 1.807) is 0 Å². The van der Waals surface area contributed by atoms with Gasteiger partial charge in [0.05, 0.1) is 23.6 Å². The SMILES string of the molecule is Cc1ccc(CC(=O)N2CCN(CC(=O)Nc3ccc([N+](=O)[O-])cc3Br)CC2)cc1. The Labute approximate surface area is 183 Å². The second kappa shape index (κ2) is 9.82. The zero-order valence-corrected chi connectivity index (χ0v) is 18.2. The van der Waals surface area contributed by atoms with Gasteiger partial charge in [-0.1, -0.05) is 29.8 Å².